The second kappa shape index (κ2) is 10.5. The van der Waals surface area contributed by atoms with E-state index in [9.17, 15) is 18.3 Å². The third-order valence-corrected chi connectivity index (χ3v) is 8.49. The van der Waals surface area contributed by atoms with Gasteiger partial charge in [-0.05, 0) is 43.0 Å². The van der Waals surface area contributed by atoms with Gasteiger partial charge in [0.2, 0.25) is 0 Å². The Bertz CT molecular complexity index is 1220. The Kier molecular flexibility index (Phi) is 7.47. The summed E-state index contributed by atoms with van der Waals surface area (Å²) in [6, 6.07) is 12.7. The molecule has 1 saturated heterocycles. The number of nitrogens with zero attached hydrogens (tertiary/aromatic N) is 4. The van der Waals surface area contributed by atoms with Gasteiger partial charge in [0.05, 0.1) is 34.1 Å². The molecule has 0 aliphatic carbocycles. The van der Waals surface area contributed by atoms with Crippen molar-refractivity contribution in [3.8, 4) is 11.3 Å². The number of sulfone groups is 1. The Hall–Kier alpha value is -2.98. The van der Waals surface area contributed by atoms with Crippen LogP contribution < -0.4 is 4.90 Å². The van der Waals surface area contributed by atoms with E-state index in [1.54, 1.807) is 30.6 Å². The Morgan fingerprint density at radius 1 is 1.21 bits per heavy atom. The van der Waals surface area contributed by atoms with Crippen LogP contribution in [0.5, 0.6) is 0 Å². The zero-order chi connectivity index (χ0) is 24.1. The second-order valence-corrected chi connectivity index (χ2v) is 11.4. The second-order valence-electron chi connectivity index (χ2n) is 8.39. The lowest BCUT2D eigenvalue weighted by Gasteiger charge is -2.34. The van der Waals surface area contributed by atoms with E-state index in [-0.39, 0.29) is 11.7 Å². The summed E-state index contributed by atoms with van der Waals surface area (Å²) in [7, 11) is -3.29. The molecule has 2 aromatic heterocycles. The Morgan fingerprint density at radius 3 is 2.65 bits per heavy atom. The molecule has 3 heterocycles. The number of carboxylic acid groups (broad SMARTS) is 1. The van der Waals surface area contributed by atoms with Crippen LogP contribution in [-0.4, -0.2) is 59.9 Å². The summed E-state index contributed by atoms with van der Waals surface area (Å²) in [6.07, 6.45) is 0.825. The highest BCUT2D eigenvalue weighted by Gasteiger charge is 2.25. The van der Waals surface area contributed by atoms with Crippen LogP contribution in [0.3, 0.4) is 0 Å². The van der Waals surface area contributed by atoms with Crippen LogP contribution in [0.4, 0.5) is 10.6 Å². The first kappa shape index (κ1) is 24.2. The summed E-state index contributed by atoms with van der Waals surface area (Å²) in [6.45, 7) is 4.02. The maximum atomic E-state index is 12.3. The Balaban J connectivity index is 1.41. The molecular weight excluding hydrogens is 472 g/mol. The third kappa shape index (κ3) is 5.74. The summed E-state index contributed by atoms with van der Waals surface area (Å²) in [5.74, 6) is 1.18. The van der Waals surface area contributed by atoms with Crippen molar-refractivity contribution in [1.82, 2.24) is 14.9 Å². The van der Waals surface area contributed by atoms with Gasteiger partial charge in [-0.1, -0.05) is 25.1 Å². The molecule has 34 heavy (non-hydrogen) atoms. The average Bonchev–Trinajstić information content (AvgIpc) is 3.37. The number of pyridine rings is 1. The maximum Gasteiger partial charge on any atom is 0.407 e. The molecule has 0 bridgehead atoms. The fourth-order valence-electron chi connectivity index (χ4n) is 4.15. The molecule has 0 atom stereocenters. The number of rotatable bonds is 8. The minimum absolute atomic E-state index is 0.0575. The van der Waals surface area contributed by atoms with Gasteiger partial charge in [-0.15, -0.1) is 11.3 Å². The van der Waals surface area contributed by atoms with E-state index in [0.29, 0.717) is 18.0 Å². The van der Waals surface area contributed by atoms with E-state index in [1.807, 2.05) is 29.6 Å². The molecule has 1 amide bonds. The lowest BCUT2D eigenvalue weighted by molar-refractivity contribution is 0.129. The van der Waals surface area contributed by atoms with E-state index >= 15 is 0 Å². The zero-order valence-corrected chi connectivity index (χ0v) is 20.6. The lowest BCUT2D eigenvalue weighted by atomic mass is 9.96. The van der Waals surface area contributed by atoms with Crippen LogP contribution in [0, 0.1) is 5.92 Å². The van der Waals surface area contributed by atoms with Crippen molar-refractivity contribution in [2.24, 2.45) is 5.92 Å². The highest BCUT2D eigenvalue weighted by molar-refractivity contribution is 7.91. The average molecular weight is 501 g/mol. The number of anilines is 1. The standard InChI is InChI=1S/C24H28N4O4S2/c1-2-34(31,32)21-6-3-5-19(13-21)22-7-4-8-23(26-22)27-11-9-18(10-12-27)14-28(24(29)30)15-20-16-33-17-25-20/h3-8,13,16-18H,2,9-12,14-15H2,1H3,(H,29,30). The predicted molar refractivity (Wildman–Crippen MR) is 133 cm³/mol. The number of aromatic nitrogens is 2. The molecule has 180 valence electrons. The number of carbonyl (C=O) groups is 1. The van der Waals surface area contributed by atoms with Gasteiger partial charge in [-0.2, -0.15) is 0 Å². The number of hydrogen-bond acceptors (Lipinski definition) is 7. The molecule has 10 heteroatoms. The molecule has 0 saturated carbocycles. The van der Waals surface area contributed by atoms with Crippen molar-refractivity contribution in [3.05, 3.63) is 59.0 Å². The summed E-state index contributed by atoms with van der Waals surface area (Å²) in [5.41, 5.74) is 3.99. The molecule has 1 fully saturated rings. The largest absolute Gasteiger partial charge is 0.465 e. The Labute approximate surface area is 203 Å². The lowest BCUT2D eigenvalue weighted by Crippen LogP contribution is -2.40. The van der Waals surface area contributed by atoms with Crippen LogP contribution >= 0.6 is 11.3 Å². The van der Waals surface area contributed by atoms with Crippen LogP contribution in [-0.2, 0) is 16.4 Å². The number of piperidine rings is 1. The molecule has 4 rings (SSSR count). The minimum Gasteiger partial charge on any atom is -0.465 e. The van der Waals surface area contributed by atoms with Crippen molar-refractivity contribution in [2.45, 2.75) is 31.2 Å². The van der Waals surface area contributed by atoms with Crippen molar-refractivity contribution >= 4 is 33.1 Å². The Morgan fingerprint density at radius 2 is 1.97 bits per heavy atom. The summed E-state index contributed by atoms with van der Waals surface area (Å²) >= 11 is 1.47. The van der Waals surface area contributed by atoms with Crippen LogP contribution in [0.15, 0.2) is 58.3 Å². The molecule has 1 aliphatic rings. The highest BCUT2D eigenvalue weighted by Crippen LogP contribution is 2.27. The van der Waals surface area contributed by atoms with Crippen molar-refractivity contribution in [2.75, 3.05) is 30.3 Å². The summed E-state index contributed by atoms with van der Waals surface area (Å²) < 4.78 is 24.5. The SMILES string of the molecule is CCS(=O)(=O)c1cccc(-c2cccc(N3CCC(CN(Cc4cscn4)C(=O)O)CC3)n2)c1. The normalized spacial score (nSPS) is 14.8. The van der Waals surface area contributed by atoms with Crippen LogP contribution in [0.25, 0.3) is 11.3 Å². The van der Waals surface area contributed by atoms with Crippen molar-refractivity contribution in [3.63, 3.8) is 0 Å². The fourth-order valence-corrected chi connectivity index (χ4v) is 5.63. The molecular formula is C24H28N4O4S2. The highest BCUT2D eigenvalue weighted by atomic mass is 32.2. The third-order valence-electron chi connectivity index (χ3n) is 6.13. The monoisotopic (exact) mass is 500 g/mol. The molecule has 0 unspecified atom stereocenters. The molecule has 0 spiro atoms. The summed E-state index contributed by atoms with van der Waals surface area (Å²) in [5, 5.41) is 11.5. The van der Waals surface area contributed by atoms with E-state index < -0.39 is 15.9 Å². The van der Waals surface area contributed by atoms with Gasteiger partial charge in [0, 0.05) is 30.6 Å². The van der Waals surface area contributed by atoms with Gasteiger partial charge in [-0.3, -0.25) is 0 Å². The smallest absolute Gasteiger partial charge is 0.407 e. The van der Waals surface area contributed by atoms with E-state index in [1.165, 1.54) is 16.2 Å². The van der Waals surface area contributed by atoms with Crippen LogP contribution in [0.2, 0.25) is 0 Å². The van der Waals surface area contributed by atoms with Gasteiger partial charge in [-0.25, -0.2) is 23.2 Å². The molecule has 8 nitrogen and oxygen atoms in total. The number of amides is 1. The number of benzene rings is 1. The first-order valence-electron chi connectivity index (χ1n) is 11.3. The summed E-state index contributed by atoms with van der Waals surface area (Å²) in [4.78, 5) is 24.7. The van der Waals surface area contributed by atoms with E-state index in [2.05, 4.69) is 9.88 Å². The molecule has 1 aromatic carbocycles. The molecule has 0 radical (unpaired) electrons. The topological polar surface area (TPSA) is 104 Å². The predicted octanol–water partition coefficient (Wildman–Crippen LogP) is 4.40. The van der Waals surface area contributed by atoms with Gasteiger partial charge in [0.25, 0.3) is 0 Å². The number of hydrogen-bond donors (Lipinski definition) is 1. The molecule has 3 aromatic rings. The van der Waals surface area contributed by atoms with Crippen LogP contribution in [0.1, 0.15) is 25.5 Å². The maximum absolute atomic E-state index is 12.3. The van der Waals surface area contributed by atoms with Gasteiger partial charge >= 0.3 is 6.09 Å². The van der Waals surface area contributed by atoms with Gasteiger partial charge in [0.15, 0.2) is 9.84 Å². The first-order valence-corrected chi connectivity index (χ1v) is 13.9. The van der Waals surface area contributed by atoms with Crippen molar-refractivity contribution in [1.29, 1.82) is 0 Å². The molecule has 1 N–H and O–H groups in total. The minimum atomic E-state index is -3.29. The molecule has 1 aliphatic heterocycles. The van der Waals surface area contributed by atoms with E-state index in [4.69, 9.17) is 4.98 Å². The first-order chi connectivity index (χ1) is 16.4. The van der Waals surface area contributed by atoms with Gasteiger partial charge < -0.3 is 14.9 Å². The fraction of sp³-hybridized carbons (Fsp3) is 0.375. The van der Waals surface area contributed by atoms with E-state index in [0.717, 1.165) is 48.7 Å². The van der Waals surface area contributed by atoms with Gasteiger partial charge in [0.1, 0.15) is 5.82 Å². The number of thiazole rings is 1. The quantitative estimate of drug-likeness (QED) is 0.489. The zero-order valence-electron chi connectivity index (χ0n) is 19.0. The van der Waals surface area contributed by atoms with Crippen molar-refractivity contribution < 1.29 is 18.3 Å².